The van der Waals surface area contributed by atoms with Crippen LogP contribution in [0.25, 0.3) is 0 Å². The van der Waals surface area contributed by atoms with Gasteiger partial charge in [0.1, 0.15) is 17.2 Å². The standard InChI is InChI=1S/C23H21Cl3N4O4S/c1-3-33-20-11-7-5-9-18(20)27-29-23(30-28-19-10-6-8-12-21(19)34-4-2)35(31,32)22-14-16(25)15(24)13-17(22)26/h5-14,27H,3-4H2,1-2H3/b29-23+,30-28?. The minimum absolute atomic E-state index is 0.00210. The molecule has 0 amide bonds. The van der Waals surface area contributed by atoms with Crippen LogP contribution in [0.1, 0.15) is 13.8 Å². The number of hydrogen-bond acceptors (Lipinski definition) is 7. The number of para-hydroxylation sites is 3. The van der Waals surface area contributed by atoms with Crippen LogP contribution in [-0.2, 0) is 9.84 Å². The summed E-state index contributed by atoms with van der Waals surface area (Å²) < 4.78 is 38.1. The van der Waals surface area contributed by atoms with Gasteiger partial charge in [0.05, 0.1) is 38.9 Å². The zero-order valence-electron chi connectivity index (χ0n) is 18.7. The molecule has 0 heterocycles. The highest BCUT2D eigenvalue weighted by molar-refractivity contribution is 8.06. The van der Waals surface area contributed by atoms with Crippen molar-refractivity contribution in [2.75, 3.05) is 18.6 Å². The van der Waals surface area contributed by atoms with Gasteiger partial charge in [0, 0.05) is 0 Å². The van der Waals surface area contributed by atoms with Crippen molar-refractivity contribution in [3.05, 3.63) is 75.7 Å². The molecule has 1 N–H and O–H groups in total. The number of amidine groups is 1. The Kier molecular flexibility index (Phi) is 9.33. The molecule has 12 heteroatoms. The van der Waals surface area contributed by atoms with Crippen LogP contribution in [0, 0.1) is 0 Å². The van der Waals surface area contributed by atoms with Crippen molar-refractivity contribution in [2.45, 2.75) is 18.7 Å². The Morgan fingerprint density at radius 1 is 0.857 bits per heavy atom. The topological polar surface area (TPSA) is 102 Å². The van der Waals surface area contributed by atoms with Gasteiger partial charge in [-0.2, -0.15) is 0 Å². The molecule has 0 bridgehead atoms. The quantitative estimate of drug-likeness (QED) is 0.103. The van der Waals surface area contributed by atoms with Gasteiger partial charge in [0.15, 0.2) is 0 Å². The molecule has 3 rings (SSSR count). The highest BCUT2D eigenvalue weighted by atomic mass is 35.5. The maximum atomic E-state index is 13.5. The fourth-order valence-corrected chi connectivity index (χ4v) is 4.82. The molecule has 35 heavy (non-hydrogen) atoms. The number of benzene rings is 3. The van der Waals surface area contributed by atoms with E-state index >= 15 is 0 Å². The number of sulfone groups is 1. The second kappa shape index (κ2) is 12.2. The molecular weight excluding hydrogens is 535 g/mol. The van der Waals surface area contributed by atoms with Crippen molar-refractivity contribution in [1.29, 1.82) is 0 Å². The number of ether oxygens (including phenoxy) is 2. The van der Waals surface area contributed by atoms with E-state index < -0.39 is 15.0 Å². The Morgan fingerprint density at radius 3 is 2.17 bits per heavy atom. The molecule has 3 aromatic rings. The summed E-state index contributed by atoms with van der Waals surface area (Å²) in [4.78, 5) is -0.329. The van der Waals surface area contributed by atoms with Gasteiger partial charge < -0.3 is 9.47 Å². The van der Waals surface area contributed by atoms with Gasteiger partial charge in [-0.25, -0.2) is 8.42 Å². The monoisotopic (exact) mass is 554 g/mol. The first-order chi connectivity index (χ1) is 16.8. The normalized spacial score (nSPS) is 12.1. The zero-order valence-corrected chi connectivity index (χ0v) is 21.8. The smallest absolute Gasteiger partial charge is 0.289 e. The Bertz CT molecular complexity index is 1360. The number of azo groups is 1. The van der Waals surface area contributed by atoms with E-state index in [2.05, 4.69) is 20.8 Å². The Balaban J connectivity index is 2.11. The molecule has 0 saturated heterocycles. The summed E-state index contributed by atoms with van der Waals surface area (Å²) in [6, 6.07) is 16.1. The van der Waals surface area contributed by atoms with Crippen LogP contribution < -0.4 is 14.9 Å². The number of nitrogens with zero attached hydrogens (tertiary/aromatic N) is 3. The largest absolute Gasteiger partial charge is 0.492 e. The number of halogens is 3. The molecule has 0 spiro atoms. The van der Waals surface area contributed by atoms with Crippen LogP contribution in [0.15, 0.2) is 80.9 Å². The molecule has 0 aliphatic heterocycles. The van der Waals surface area contributed by atoms with Crippen LogP contribution in [0.5, 0.6) is 11.5 Å². The number of nitrogens with one attached hydrogen (secondary N) is 1. The highest BCUT2D eigenvalue weighted by Crippen LogP contribution is 2.34. The number of anilines is 1. The molecule has 8 nitrogen and oxygen atoms in total. The summed E-state index contributed by atoms with van der Waals surface area (Å²) in [6.45, 7) is 4.43. The van der Waals surface area contributed by atoms with Crippen LogP contribution in [0.4, 0.5) is 11.4 Å². The first kappa shape index (κ1) is 26.7. The first-order valence-corrected chi connectivity index (χ1v) is 13.0. The predicted molar refractivity (Wildman–Crippen MR) is 139 cm³/mol. The van der Waals surface area contributed by atoms with Crippen molar-refractivity contribution in [3.63, 3.8) is 0 Å². The zero-order chi connectivity index (χ0) is 25.4. The number of rotatable bonds is 8. The molecule has 0 aromatic heterocycles. The lowest BCUT2D eigenvalue weighted by Gasteiger charge is -2.11. The van der Waals surface area contributed by atoms with Crippen molar-refractivity contribution < 1.29 is 17.9 Å². The minimum atomic E-state index is -4.39. The summed E-state index contributed by atoms with van der Waals surface area (Å²) in [5.41, 5.74) is 3.43. The van der Waals surface area contributed by atoms with Crippen LogP contribution in [0.3, 0.4) is 0 Å². The molecule has 0 fully saturated rings. The molecule has 184 valence electrons. The van der Waals surface area contributed by atoms with E-state index in [0.717, 1.165) is 6.07 Å². The van der Waals surface area contributed by atoms with E-state index in [0.29, 0.717) is 36.1 Å². The van der Waals surface area contributed by atoms with Gasteiger partial charge in [-0.3, -0.25) is 5.43 Å². The van der Waals surface area contributed by atoms with E-state index in [1.807, 2.05) is 13.8 Å². The van der Waals surface area contributed by atoms with Crippen LogP contribution in [0.2, 0.25) is 15.1 Å². The molecule has 0 unspecified atom stereocenters. The van der Waals surface area contributed by atoms with Gasteiger partial charge in [-0.05, 0) is 50.2 Å². The maximum Gasteiger partial charge on any atom is 0.289 e. The summed E-state index contributed by atoms with van der Waals surface area (Å²) >= 11 is 18.2. The van der Waals surface area contributed by atoms with Crippen molar-refractivity contribution >= 4 is 61.2 Å². The lowest BCUT2D eigenvalue weighted by molar-refractivity contribution is 0.341. The second-order valence-corrected chi connectivity index (χ2v) is 9.77. The Morgan fingerprint density at radius 2 is 1.46 bits per heavy atom. The third-order valence-corrected chi connectivity index (χ3v) is 7.09. The van der Waals surface area contributed by atoms with Crippen LogP contribution in [-0.4, -0.2) is 26.8 Å². The fraction of sp³-hybridized carbons (Fsp3) is 0.174. The molecule has 0 radical (unpaired) electrons. The highest BCUT2D eigenvalue weighted by Gasteiger charge is 2.28. The van der Waals surface area contributed by atoms with Crippen molar-refractivity contribution in [3.8, 4) is 11.5 Å². The first-order valence-electron chi connectivity index (χ1n) is 10.4. The molecular formula is C23H21Cl3N4O4S. The minimum Gasteiger partial charge on any atom is -0.492 e. The fourth-order valence-electron chi connectivity index (χ4n) is 2.81. The lowest BCUT2D eigenvalue weighted by atomic mass is 10.3. The average Bonchev–Trinajstić information content (AvgIpc) is 2.83. The lowest BCUT2D eigenvalue weighted by Crippen LogP contribution is -2.15. The number of hydrogen-bond donors (Lipinski definition) is 1. The summed E-state index contributed by atoms with van der Waals surface area (Å²) in [6.07, 6.45) is 0. The molecule has 0 saturated carbocycles. The molecule has 0 aliphatic rings. The molecule has 0 atom stereocenters. The van der Waals surface area contributed by atoms with E-state index in [-0.39, 0.29) is 20.0 Å². The van der Waals surface area contributed by atoms with E-state index in [9.17, 15) is 8.42 Å². The Hall–Kier alpha value is -2.85. The predicted octanol–water partition coefficient (Wildman–Crippen LogP) is 7.38. The molecule has 0 aliphatic carbocycles. The van der Waals surface area contributed by atoms with Crippen molar-refractivity contribution in [2.24, 2.45) is 15.3 Å². The van der Waals surface area contributed by atoms with Gasteiger partial charge in [-0.15, -0.1) is 15.3 Å². The van der Waals surface area contributed by atoms with E-state index in [1.54, 1.807) is 48.5 Å². The van der Waals surface area contributed by atoms with Gasteiger partial charge in [0.25, 0.3) is 5.17 Å². The third-order valence-electron chi connectivity index (χ3n) is 4.37. The third kappa shape index (κ3) is 6.64. The van der Waals surface area contributed by atoms with Gasteiger partial charge in [0.2, 0.25) is 9.84 Å². The average molecular weight is 556 g/mol. The SMILES string of the molecule is CCOc1ccccc1N=N/C(=N\Nc1ccccc1OCC)S(=O)(=O)c1cc(Cl)c(Cl)cc1Cl. The van der Waals surface area contributed by atoms with Crippen molar-refractivity contribution in [1.82, 2.24) is 0 Å². The Labute approximate surface area is 218 Å². The van der Waals surface area contributed by atoms with Gasteiger partial charge >= 0.3 is 0 Å². The summed E-state index contributed by atoms with van der Waals surface area (Å²) in [5, 5.41) is 11.3. The van der Waals surface area contributed by atoms with E-state index in [1.165, 1.54) is 6.07 Å². The summed E-state index contributed by atoms with van der Waals surface area (Å²) in [7, 11) is -4.39. The van der Waals surface area contributed by atoms with Crippen LogP contribution >= 0.6 is 34.8 Å². The second-order valence-electron chi connectivity index (χ2n) is 6.74. The van der Waals surface area contributed by atoms with Gasteiger partial charge in [-0.1, -0.05) is 59.1 Å². The molecule has 3 aromatic carbocycles. The maximum absolute atomic E-state index is 13.5. The summed E-state index contributed by atoms with van der Waals surface area (Å²) in [5.74, 6) is 0.902. The number of hydrazone groups is 1. The van der Waals surface area contributed by atoms with E-state index in [4.69, 9.17) is 44.3 Å².